The monoisotopic (exact) mass is 637 g/mol. The number of nitrogens with one attached hydrogen (secondary N) is 3. The van der Waals surface area contributed by atoms with Crippen molar-refractivity contribution in [2.45, 2.75) is 76.6 Å². The Morgan fingerprint density at radius 2 is 1.45 bits per heavy atom. The molecule has 2 aromatic carbocycles. The summed E-state index contributed by atoms with van der Waals surface area (Å²) >= 11 is 0. The molecule has 244 valence electrons. The highest BCUT2D eigenvalue weighted by atomic mass is 16.5. The van der Waals surface area contributed by atoms with Crippen LogP contribution in [0.3, 0.4) is 0 Å². The fourth-order valence-electron chi connectivity index (χ4n) is 7.09. The Bertz CT molecular complexity index is 1900. The van der Waals surface area contributed by atoms with Crippen LogP contribution in [0.2, 0.25) is 0 Å². The molecular formula is C35H39N7O5. The third-order valence-corrected chi connectivity index (χ3v) is 9.47. The number of hydrogen-bond acceptors (Lipinski definition) is 6. The predicted octanol–water partition coefficient (Wildman–Crippen LogP) is 4.64. The smallest absolute Gasteiger partial charge is 0.405 e. The van der Waals surface area contributed by atoms with E-state index in [2.05, 4.69) is 27.1 Å². The van der Waals surface area contributed by atoms with E-state index in [0.717, 1.165) is 84.1 Å². The number of carbonyl (C=O) groups is 3. The third-order valence-electron chi connectivity index (χ3n) is 9.47. The van der Waals surface area contributed by atoms with Gasteiger partial charge in [-0.15, -0.1) is 0 Å². The summed E-state index contributed by atoms with van der Waals surface area (Å²) < 4.78 is 5.66. The fraction of sp³-hybridized carbons (Fsp3) is 0.457. The highest BCUT2D eigenvalue weighted by molar-refractivity contribution is 5.86. The highest BCUT2D eigenvalue weighted by Gasteiger charge is 2.38. The van der Waals surface area contributed by atoms with Crippen LogP contribution in [0.1, 0.15) is 87.2 Å². The molecule has 3 aliphatic heterocycles. The molecule has 12 nitrogen and oxygen atoms in total. The molecule has 0 spiro atoms. The van der Waals surface area contributed by atoms with Crippen molar-refractivity contribution in [2.24, 2.45) is 5.92 Å². The highest BCUT2D eigenvalue weighted by Crippen LogP contribution is 2.34. The van der Waals surface area contributed by atoms with Crippen molar-refractivity contribution < 1.29 is 24.2 Å². The number of fused-ring (bicyclic) bond motifs is 2. The molecule has 2 aromatic heterocycles. The number of hydrogen-bond donors (Lipinski definition) is 4. The zero-order chi connectivity index (χ0) is 32.7. The molecule has 4 atom stereocenters. The zero-order valence-corrected chi connectivity index (χ0v) is 26.6. The number of likely N-dealkylation sites (tertiary alicyclic amines) is 2. The van der Waals surface area contributed by atoms with Crippen molar-refractivity contribution >= 4 is 40.0 Å². The van der Waals surface area contributed by atoms with E-state index >= 15 is 0 Å². The van der Waals surface area contributed by atoms with E-state index < -0.39 is 12.1 Å². The first-order valence-corrected chi connectivity index (χ1v) is 16.5. The minimum Gasteiger partial charge on any atom is -0.465 e. The van der Waals surface area contributed by atoms with Crippen LogP contribution >= 0.6 is 0 Å². The summed E-state index contributed by atoms with van der Waals surface area (Å²) in [5.74, 6) is 7.66. The van der Waals surface area contributed by atoms with Gasteiger partial charge in [-0.1, -0.05) is 25.7 Å². The molecule has 5 heterocycles. The number of nitrogens with zero attached hydrogens (tertiary/aromatic N) is 4. The van der Waals surface area contributed by atoms with Gasteiger partial charge in [-0.25, -0.2) is 14.8 Å². The molecule has 0 bridgehead atoms. The number of ether oxygens (including phenoxy) is 1. The maximum absolute atomic E-state index is 13.3. The standard InChI is InChI=1S/C35H39N7O5/c1-20(2)30(40-35(45)46)34(44)42-16-4-7-28(42)32-37-24-14-12-22(19-26(24)39-32)10-9-21-11-13-23-25(18-21)38-31(36-23)27-6-3-15-41(27)33(43)29-8-5-17-47-29/h11-14,18-20,27-30,40H,3-8,15-17H2,1-2H3,(H,36,38)(H,37,39)(H,45,46)/t27-,28-,29+,30-/m0/s1. The molecule has 0 saturated carbocycles. The Morgan fingerprint density at radius 3 is 1.98 bits per heavy atom. The minimum atomic E-state index is -1.21. The van der Waals surface area contributed by atoms with Gasteiger partial charge in [0.25, 0.3) is 5.91 Å². The van der Waals surface area contributed by atoms with Gasteiger partial charge in [0.15, 0.2) is 0 Å². The number of rotatable bonds is 6. The van der Waals surface area contributed by atoms with Crippen molar-refractivity contribution in [3.63, 3.8) is 0 Å². The molecule has 12 heteroatoms. The molecule has 4 N–H and O–H groups in total. The van der Waals surface area contributed by atoms with Gasteiger partial charge in [-0.3, -0.25) is 9.59 Å². The number of carbonyl (C=O) groups excluding carboxylic acids is 2. The molecule has 7 rings (SSSR count). The second kappa shape index (κ2) is 12.7. The molecule has 0 unspecified atom stereocenters. The van der Waals surface area contributed by atoms with Crippen LogP contribution in [0, 0.1) is 17.8 Å². The van der Waals surface area contributed by atoms with Crippen molar-refractivity contribution in [1.29, 1.82) is 0 Å². The molecule has 0 radical (unpaired) electrons. The van der Waals surface area contributed by atoms with Crippen LogP contribution in [0.4, 0.5) is 4.79 Å². The maximum Gasteiger partial charge on any atom is 0.405 e. The van der Waals surface area contributed by atoms with Gasteiger partial charge in [0.05, 0.1) is 34.2 Å². The van der Waals surface area contributed by atoms with Crippen LogP contribution in [-0.4, -0.2) is 84.6 Å². The van der Waals surface area contributed by atoms with E-state index in [4.69, 9.17) is 14.7 Å². The van der Waals surface area contributed by atoms with Crippen molar-refractivity contribution in [2.75, 3.05) is 19.7 Å². The summed E-state index contributed by atoms with van der Waals surface area (Å²) in [4.78, 5) is 57.9. The van der Waals surface area contributed by atoms with Crippen LogP contribution < -0.4 is 5.32 Å². The van der Waals surface area contributed by atoms with Crippen molar-refractivity contribution in [3.05, 3.63) is 59.2 Å². The largest absolute Gasteiger partial charge is 0.465 e. The van der Waals surface area contributed by atoms with Crippen LogP contribution in [0.15, 0.2) is 36.4 Å². The van der Waals surface area contributed by atoms with Crippen LogP contribution in [-0.2, 0) is 14.3 Å². The van der Waals surface area contributed by atoms with E-state index in [1.165, 1.54) is 0 Å². The Morgan fingerprint density at radius 1 is 0.872 bits per heavy atom. The SMILES string of the molecule is CC(C)[C@H](NC(=O)O)C(=O)N1CCC[C@H]1c1nc2ccc(C#Cc3ccc4nc([C@@H]5CCCN5C(=O)[C@H]5CCCO5)[nH]c4c3)cc2[nH]1. The normalized spacial score (nSPS) is 21.8. The zero-order valence-electron chi connectivity index (χ0n) is 26.6. The first-order valence-electron chi connectivity index (χ1n) is 16.5. The second-order valence-corrected chi connectivity index (χ2v) is 13.0. The van der Waals surface area contributed by atoms with Gasteiger partial charge in [0.1, 0.15) is 23.8 Å². The molecule has 3 amide bonds. The van der Waals surface area contributed by atoms with Gasteiger partial charge in [-0.2, -0.15) is 0 Å². The van der Waals surface area contributed by atoms with Crippen LogP contribution in [0.5, 0.6) is 0 Å². The van der Waals surface area contributed by atoms with Crippen molar-refractivity contribution in [3.8, 4) is 11.8 Å². The van der Waals surface area contributed by atoms with Gasteiger partial charge >= 0.3 is 6.09 Å². The summed E-state index contributed by atoms with van der Waals surface area (Å²) in [5.41, 5.74) is 4.97. The molecule has 3 fully saturated rings. The summed E-state index contributed by atoms with van der Waals surface area (Å²) in [7, 11) is 0. The van der Waals surface area contributed by atoms with E-state index in [9.17, 15) is 19.5 Å². The third kappa shape index (κ3) is 6.15. The number of amides is 3. The summed E-state index contributed by atoms with van der Waals surface area (Å²) in [6.45, 7) is 5.59. The lowest BCUT2D eigenvalue weighted by Crippen LogP contribution is -2.50. The Labute approximate surface area is 272 Å². The number of aromatic nitrogens is 4. The number of aromatic amines is 2. The Balaban J connectivity index is 1.07. The van der Waals surface area contributed by atoms with Crippen LogP contribution in [0.25, 0.3) is 22.1 Å². The lowest BCUT2D eigenvalue weighted by molar-refractivity contribution is -0.142. The van der Waals surface area contributed by atoms with E-state index in [1.54, 1.807) is 4.90 Å². The molecule has 47 heavy (non-hydrogen) atoms. The van der Waals surface area contributed by atoms with E-state index in [1.807, 2.05) is 55.1 Å². The molecule has 3 saturated heterocycles. The summed E-state index contributed by atoms with van der Waals surface area (Å²) in [6, 6.07) is 10.5. The van der Waals surface area contributed by atoms with E-state index in [-0.39, 0.29) is 35.9 Å². The number of benzene rings is 2. The molecule has 3 aliphatic rings. The number of H-pyrrole nitrogens is 2. The van der Waals surface area contributed by atoms with Gasteiger partial charge in [-0.05, 0) is 80.8 Å². The quantitative estimate of drug-likeness (QED) is 0.225. The van der Waals surface area contributed by atoms with Gasteiger partial charge in [0.2, 0.25) is 5.91 Å². The summed E-state index contributed by atoms with van der Waals surface area (Å²) in [5, 5.41) is 11.6. The Kier molecular flexibility index (Phi) is 8.32. The first-order chi connectivity index (χ1) is 22.7. The maximum atomic E-state index is 13.3. The Hall–Kier alpha value is -4.89. The average Bonchev–Trinajstić information content (AvgIpc) is 3.89. The molecule has 4 aromatic rings. The summed E-state index contributed by atoms with van der Waals surface area (Å²) in [6.07, 6.45) is 3.55. The lowest BCUT2D eigenvalue weighted by atomic mass is 10.0. The predicted molar refractivity (Wildman–Crippen MR) is 174 cm³/mol. The lowest BCUT2D eigenvalue weighted by Gasteiger charge is -2.29. The second-order valence-electron chi connectivity index (χ2n) is 13.0. The van der Waals surface area contributed by atoms with Gasteiger partial charge in [0, 0.05) is 30.8 Å². The number of carboxylic acid groups (broad SMARTS) is 1. The first kappa shape index (κ1) is 30.7. The topological polar surface area (TPSA) is 157 Å². The van der Waals surface area contributed by atoms with E-state index in [0.29, 0.717) is 19.0 Å². The average molecular weight is 638 g/mol. The molecule has 0 aliphatic carbocycles. The minimum absolute atomic E-state index is 0.0697. The van der Waals surface area contributed by atoms with Gasteiger partial charge < -0.3 is 34.9 Å². The number of imidazole rings is 2. The van der Waals surface area contributed by atoms with Crippen molar-refractivity contribution in [1.82, 2.24) is 35.1 Å². The molecular weight excluding hydrogens is 598 g/mol. The fourth-order valence-corrected chi connectivity index (χ4v) is 7.09.